The zero-order valence-electron chi connectivity index (χ0n) is 16.9. The second kappa shape index (κ2) is 11.1. The number of hydrogen-bond donors (Lipinski definition) is 1. The fraction of sp³-hybridized carbons (Fsp3) is 0.0870. The van der Waals surface area contributed by atoms with Crippen molar-refractivity contribution in [2.24, 2.45) is 5.10 Å². The summed E-state index contributed by atoms with van der Waals surface area (Å²) in [5.41, 5.74) is 3.13. The number of hydrazone groups is 1. The molecule has 3 rings (SSSR count). The van der Waals surface area contributed by atoms with Crippen LogP contribution < -0.4 is 19.6 Å². The standard InChI is InChI=1S/C23H18BrFN2O5/c1-30-19-7-2-15(3-8-19)23(29)32-21-11-4-17(24)12-16(21)13-26-27-22(28)14-31-20-9-5-18(25)6-10-20/h2-13H,14H2,1H3,(H,27,28). The van der Waals surface area contributed by atoms with E-state index in [4.69, 9.17) is 14.2 Å². The summed E-state index contributed by atoms with van der Waals surface area (Å²) in [7, 11) is 1.54. The molecular weight excluding hydrogens is 483 g/mol. The molecule has 0 aliphatic rings. The van der Waals surface area contributed by atoms with Crippen LogP contribution >= 0.6 is 15.9 Å². The van der Waals surface area contributed by atoms with Crippen molar-refractivity contribution in [3.63, 3.8) is 0 Å². The molecular formula is C23H18BrFN2O5. The minimum atomic E-state index is -0.554. The number of rotatable bonds is 8. The maximum Gasteiger partial charge on any atom is 0.343 e. The maximum absolute atomic E-state index is 12.9. The van der Waals surface area contributed by atoms with Gasteiger partial charge in [-0.2, -0.15) is 5.10 Å². The molecule has 0 radical (unpaired) electrons. The van der Waals surface area contributed by atoms with Crippen molar-refractivity contribution in [3.05, 3.63) is 88.1 Å². The van der Waals surface area contributed by atoms with Crippen LogP contribution in [0.5, 0.6) is 17.2 Å². The Morgan fingerprint density at radius 1 is 1.03 bits per heavy atom. The summed E-state index contributed by atoms with van der Waals surface area (Å²) in [6.07, 6.45) is 1.34. The molecule has 0 spiro atoms. The fourth-order valence-electron chi connectivity index (χ4n) is 2.48. The van der Waals surface area contributed by atoms with Gasteiger partial charge in [0, 0.05) is 10.0 Å². The van der Waals surface area contributed by atoms with Gasteiger partial charge in [-0.05, 0) is 66.7 Å². The van der Waals surface area contributed by atoms with Gasteiger partial charge in [0.25, 0.3) is 5.91 Å². The van der Waals surface area contributed by atoms with Gasteiger partial charge >= 0.3 is 5.97 Å². The third kappa shape index (κ3) is 6.64. The summed E-state index contributed by atoms with van der Waals surface area (Å²) in [5.74, 6) is -0.236. The van der Waals surface area contributed by atoms with Crippen LogP contribution in [0.25, 0.3) is 0 Å². The maximum atomic E-state index is 12.9. The number of esters is 1. The van der Waals surface area contributed by atoms with Gasteiger partial charge < -0.3 is 14.2 Å². The Morgan fingerprint density at radius 2 is 1.72 bits per heavy atom. The van der Waals surface area contributed by atoms with E-state index in [9.17, 15) is 14.0 Å². The Bertz CT molecular complexity index is 1120. The van der Waals surface area contributed by atoms with Gasteiger partial charge in [0.15, 0.2) is 6.61 Å². The van der Waals surface area contributed by atoms with Gasteiger partial charge in [0.2, 0.25) is 0 Å². The van der Waals surface area contributed by atoms with E-state index in [1.165, 1.54) is 37.6 Å². The van der Waals surface area contributed by atoms with E-state index in [1.54, 1.807) is 42.5 Å². The summed E-state index contributed by atoms with van der Waals surface area (Å²) in [6.45, 7) is -0.305. The van der Waals surface area contributed by atoms with Crippen molar-refractivity contribution in [3.8, 4) is 17.2 Å². The highest BCUT2D eigenvalue weighted by atomic mass is 79.9. The van der Waals surface area contributed by atoms with Crippen LogP contribution in [-0.2, 0) is 4.79 Å². The van der Waals surface area contributed by atoms with Crippen LogP contribution in [0.2, 0.25) is 0 Å². The van der Waals surface area contributed by atoms with Crippen molar-refractivity contribution < 1.29 is 28.2 Å². The molecule has 3 aromatic rings. The summed E-state index contributed by atoms with van der Waals surface area (Å²) >= 11 is 3.35. The highest BCUT2D eigenvalue weighted by Gasteiger charge is 2.12. The normalized spacial score (nSPS) is 10.6. The molecule has 164 valence electrons. The lowest BCUT2D eigenvalue weighted by atomic mass is 10.2. The van der Waals surface area contributed by atoms with Crippen molar-refractivity contribution in [1.29, 1.82) is 0 Å². The number of halogens is 2. The van der Waals surface area contributed by atoms with E-state index < -0.39 is 17.7 Å². The average Bonchev–Trinajstić information content (AvgIpc) is 2.80. The van der Waals surface area contributed by atoms with Crippen molar-refractivity contribution in [2.75, 3.05) is 13.7 Å². The molecule has 0 unspecified atom stereocenters. The minimum Gasteiger partial charge on any atom is -0.497 e. The van der Waals surface area contributed by atoms with Gasteiger partial charge in [0.1, 0.15) is 23.1 Å². The Hall–Kier alpha value is -3.72. The van der Waals surface area contributed by atoms with Gasteiger partial charge in [-0.15, -0.1) is 0 Å². The van der Waals surface area contributed by atoms with Crippen molar-refractivity contribution >= 4 is 34.0 Å². The highest BCUT2D eigenvalue weighted by molar-refractivity contribution is 9.10. The minimum absolute atomic E-state index is 0.259. The monoisotopic (exact) mass is 500 g/mol. The molecule has 0 aliphatic heterocycles. The number of carbonyl (C=O) groups excluding carboxylic acids is 2. The molecule has 0 saturated heterocycles. The first-order valence-electron chi connectivity index (χ1n) is 9.30. The summed E-state index contributed by atoms with van der Waals surface area (Å²) in [6, 6.07) is 16.8. The van der Waals surface area contributed by atoms with E-state index >= 15 is 0 Å². The van der Waals surface area contributed by atoms with Crippen LogP contribution in [0.15, 0.2) is 76.3 Å². The Labute approximate surface area is 191 Å². The molecule has 3 aromatic carbocycles. The van der Waals surface area contributed by atoms with Gasteiger partial charge in [-0.3, -0.25) is 4.79 Å². The van der Waals surface area contributed by atoms with Crippen molar-refractivity contribution in [1.82, 2.24) is 5.43 Å². The molecule has 0 aliphatic carbocycles. The smallest absolute Gasteiger partial charge is 0.343 e. The number of nitrogens with zero attached hydrogens (tertiary/aromatic N) is 1. The molecule has 0 bridgehead atoms. The van der Waals surface area contributed by atoms with Crippen LogP contribution in [0.1, 0.15) is 15.9 Å². The lowest BCUT2D eigenvalue weighted by Crippen LogP contribution is -2.24. The van der Waals surface area contributed by atoms with E-state index in [0.717, 1.165) is 4.47 Å². The zero-order valence-corrected chi connectivity index (χ0v) is 18.5. The third-order valence-electron chi connectivity index (χ3n) is 4.08. The molecule has 0 atom stereocenters. The molecule has 32 heavy (non-hydrogen) atoms. The Morgan fingerprint density at radius 3 is 2.41 bits per heavy atom. The molecule has 1 amide bonds. The van der Waals surface area contributed by atoms with Gasteiger partial charge in [-0.25, -0.2) is 14.6 Å². The number of benzene rings is 3. The topological polar surface area (TPSA) is 86.2 Å². The molecule has 9 heteroatoms. The van der Waals surface area contributed by atoms with Crippen LogP contribution in [0.3, 0.4) is 0 Å². The quantitative estimate of drug-likeness (QED) is 0.215. The second-order valence-corrected chi connectivity index (χ2v) is 7.25. The van der Waals surface area contributed by atoms with Crippen LogP contribution in [0.4, 0.5) is 4.39 Å². The van der Waals surface area contributed by atoms with E-state index in [2.05, 4.69) is 26.5 Å². The predicted molar refractivity (Wildman–Crippen MR) is 120 cm³/mol. The summed E-state index contributed by atoms with van der Waals surface area (Å²) < 4.78 is 29.4. The lowest BCUT2D eigenvalue weighted by Gasteiger charge is -2.09. The molecule has 0 aromatic heterocycles. The van der Waals surface area contributed by atoms with Gasteiger partial charge in [0.05, 0.1) is 18.9 Å². The SMILES string of the molecule is COc1ccc(C(=O)Oc2ccc(Br)cc2C=NNC(=O)COc2ccc(F)cc2)cc1. The third-order valence-corrected chi connectivity index (χ3v) is 4.57. The van der Waals surface area contributed by atoms with Crippen molar-refractivity contribution in [2.45, 2.75) is 0 Å². The van der Waals surface area contributed by atoms with Crippen LogP contribution in [0, 0.1) is 5.82 Å². The summed E-state index contributed by atoms with van der Waals surface area (Å²) in [4.78, 5) is 24.4. The molecule has 0 saturated carbocycles. The van der Waals surface area contributed by atoms with Gasteiger partial charge in [-0.1, -0.05) is 15.9 Å². The Kier molecular flexibility index (Phi) is 7.93. The molecule has 0 heterocycles. The predicted octanol–water partition coefficient (Wildman–Crippen LogP) is 4.35. The number of hydrogen-bond acceptors (Lipinski definition) is 6. The first-order chi connectivity index (χ1) is 15.4. The highest BCUT2D eigenvalue weighted by Crippen LogP contribution is 2.23. The molecule has 1 N–H and O–H groups in total. The van der Waals surface area contributed by atoms with E-state index in [0.29, 0.717) is 22.6 Å². The largest absolute Gasteiger partial charge is 0.497 e. The lowest BCUT2D eigenvalue weighted by molar-refractivity contribution is -0.123. The first-order valence-corrected chi connectivity index (χ1v) is 10.1. The first kappa shape index (κ1) is 23.0. The number of ether oxygens (including phenoxy) is 3. The Balaban J connectivity index is 1.61. The van der Waals surface area contributed by atoms with E-state index in [1.807, 2.05) is 0 Å². The second-order valence-electron chi connectivity index (χ2n) is 6.34. The number of amides is 1. The molecule has 0 fully saturated rings. The number of nitrogens with one attached hydrogen (secondary N) is 1. The number of methoxy groups -OCH3 is 1. The average molecular weight is 501 g/mol. The number of carbonyl (C=O) groups is 2. The summed E-state index contributed by atoms with van der Waals surface area (Å²) in [5, 5.41) is 3.88. The fourth-order valence-corrected chi connectivity index (χ4v) is 2.86. The van der Waals surface area contributed by atoms with Crippen LogP contribution in [-0.4, -0.2) is 31.8 Å². The zero-order chi connectivity index (χ0) is 22.9. The van der Waals surface area contributed by atoms with E-state index in [-0.39, 0.29) is 12.4 Å². The molecule has 7 nitrogen and oxygen atoms in total.